The molecule has 0 amide bonds. The Bertz CT molecular complexity index is 412. The second-order valence-corrected chi connectivity index (χ2v) is 3.13. The summed E-state index contributed by atoms with van der Waals surface area (Å²) in [5.41, 5.74) is -4.46. The van der Waals surface area contributed by atoms with Crippen LogP contribution in [0.25, 0.3) is 0 Å². The van der Waals surface area contributed by atoms with E-state index < -0.39 is 29.5 Å². The Morgan fingerprint density at radius 2 is 1.47 bits per heavy atom. The van der Waals surface area contributed by atoms with Gasteiger partial charge in [0, 0.05) is 13.2 Å². The first-order valence-electron chi connectivity index (χ1n) is 3.93. The van der Waals surface area contributed by atoms with E-state index in [2.05, 4.69) is 5.10 Å². The Labute approximate surface area is 88.8 Å². The zero-order valence-electron chi connectivity index (χ0n) is 8.00. The highest BCUT2D eigenvalue weighted by molar-refractivity contribution is 5.26. The molecular formula is C7H4F8N2. The summed E-state index contributed by atoms with van der Waals surface area (Å²) in [5.74, 6) is -5.65. The fourth-order valence-electron chi connectivity index (χ4n) is 1.06. The molecule has 0 saturated carbocycles. The van der Waals surface area contributed by atoms with Crippen LogP contribution in [0.2, 0.25) is 0 Å². The van der Waals surface area contributed by atoms with Gasteiger partial charge in [0.15, 0.2) is 5.69 Å². The van der Waals surface area contributed by atoms with Gasteiger partial charge in [0.2, 0.25) is 0 Å². The van der Waals surface area contributed by atoms with E-state index in [1.54, 1.807) is 0 Å². The second kappa shape index (κ2) is 3.57. The molecule has 1 aromatic rings. The van der Waals surface area contributed by atoms with Crippen molar-refractivity contribution in [3.8, 4) is 0 Å². The summed E-state index contributed by atoms with van der Waals surface area (Å²) in [5, 5.41) is 2.54. The van der Waals surface area contributed by atoms with E-state index in [0.29, 0.717) is 0 Å². The maximum absolute atomic E-state index is 12.8. The van der Waals surface area contributed by atoms with Crippen LogP contribution in [0.15, 0.2) is 6.20 Å². The summed E-state index contributed by atoms with van der Waals surface area (Å²) in [6.45, 7) is 0. The number of nitrogens with zero attached hydrogens (tertiary/aromatic N) is 2. The number of aryl methyl sites for hydroxylation is 1. The SMILES string of the molecule is Cn1cc(C(F)(F)F)c(C(F)(F)C(F)(F)F)n1. The van der Waals surface area contributed by atoms with E-state index in [-0.39, 0.29) is 10.9 Å². The van der Waals surface area contributed by atoms with Gasteiger partial charge in [-0.25, -0.2) is 0 Å². The van der Waals surface area contributed by atoms with Crippen molar-refractivity contribution in [1.29, 1.82) is 0 Å². The first-order chi connectivity index (χ1) is 7.37. The van der Waals surface area contributed by atoms with Crippen LogP contribution in [0.1, 0.15) is 11.3 Å². The van der Waals surface area contributed by atoms with Crippen LogP contribution in [0.5, 0.6) is 0 Å². The molecule has 0 spiro atoms. The topological polar surface area (TPSA) is 17.8 Å². The lowest BCUT2D eigenvalue weighted by molar-refractivity contribution is -0.292. The van der Waals surface area contributed by atoms with Gasteiger partial charge in [0.25, 0.3) is 0 Å². The first-order valence-corrected chi connectivity index (χ1v) is 3.93. The fraction of sp³-hybridized carbons (Fsp3) is 0.571. The van der Waals surface area contributed by atoms with E-state index in [1.165, 1.54) is 0 Å². The Morgan fingerprint density at radius 1 is 1.00 bits per heavy atom. The normalized spacial score (nSPS) is 14.2. The van der Waals surface area contributed by atoms with Crippen LogP contribution in [-0.4, -0.2) is 16.0 Å². The van der Waals surface area contributed by atoms with Crippen LogP contribution in [0.4, 0.5) is 35.1 Å². The number of halogens is 8. The van der Waals surface area contributed by atoms with Crippen molar-refractivity contribution >= 4 is 0 Å². The molecule has 0 radical (unpaired) electrons. The lowest BCUT2D eigenvalue weighted by Gasteiger charge is -2.19. The maximum atomic E-state index is 12.8. The third kappa shape index (κ3) is 2.34. The minimum absolute atomic E-state index is 0.0645. The summed E-state index contributed by atoms with van der Waals surface area (Å²) in [4.78, 5) is 0. The lowest BCUT2D eigenvalue weighted by Crippen LogP contribution is -2.36. The van der Waals surface area contributed by atoms with Crippen LogP contribution < -0.4 is 0 Å². The van der Waals surface area contributed by atoms with E-state index in [1.807, 2.05) is 0 Å². The predicted molar refractivity (Wildman–Crippen MR) is 38.2 cm³/mol. The standard InChI is InChI=1S/C7H4F8N2/c1-17-2-3(6(10,11)12)4(16-17)5(8,9)7(13,14)15/h2H,1H3. The van der Waals surface area contributed by atoms with Crippen LogP contribution in [-0.2, 0) is 19.1 Å². The second-order valence-electron chi connectivity index (χ2n) is 3.13. The Kier molecular flexibility index (Phi) is 2.88. The molecule has 98 valence electrons. The van der Waals surface area contributed by atoms with Crippen molar-refractivity contribution < 1.29 is 35.1 Å². The lowest BCUT2D eigenvalue weighted by atomic mass is 10.1. The summed E-state index contributed by atoms with van der Waals surface area (Å²) < 4.78 is 98.2. The van der Waals surface area contributed by atoms with Gasteiger partial charge >= 0.3 is 18.3 Å². The molecule has 0 aromatic carbocycles. The van der Waals surface area contributed by atoms with Crippen LogP contribution >= 0.6 is 0 Å². The highest BCUT2D eigenvalue weighted by atomic mass is 19.4. The van der Waals surface area contributed by atoms with Crippen molar-refractivity contribution in [3.05, 3.63) is 17.5 Å². The first kappa shape index (κ1) is 13.7. The van der Waals surface area contributed by atoms with Gasteiger partial charge in [-0.2, -0.15) is 40.2 Å². The molecule has 1 rings (SSSR count). The molecule has 0 unspecified atom stereocenters. The average Bonchev–Trinajstić information content (AvgIpc) is 2.44. The largest absolute Gasteiger partial charge is 0.459 e. The van der Waals surface area contributed by atoms with Gasteiger partial charge in [0.1, 0.15) is 5.56 Å². The van der Waals surface area contributed by atoms with Gasteiger partial charge in [-0.15, -0.1) is 0 Å². The number of rotatable bonds is 1. The van der Waals surface area contributed by atoms with Crippen LogP contribution in [0, 0.1) is 0 Å². The van der Waals surface area contributed by atoms with Crippen molar-refractivity contribution in [2.24, 2.45) is 7.05 Å². The molecule has 0 N–H and O–H groups in total. The van der Waals surface area contributed by atoms with Crippen molar-refractivity contribution in [1.82, 2.24) is 9.78 Å². The van der Waals surface area contributed by atoms with Gasteiger partial charge < -0.3 is 0 Å². The maximum Gasteiger partial charge on any atom is 0.459 e. The van der Waals surface area contributed by atoms with Crippen molar-refractivity contribution in [2.75, 3.05) is 0 Å². The Balaban J connectivity index is 3.42. The predicted octanol–water partition coefficient (Wildman–Crippen LogP) is 3.09. The molecule has 0 aliphatic heterocycles. The van der Waals surface area contributed by atoms with Gasteiger partial charge in [-0.1, -0.05) is 0 Å². The summed E-state index contributed by atoms with van der Waals surface area (Å²) in [7, 11) is 0.811. The molecule has 1 aromatic heterocycles. The third-order valence-corrected chi connectivity index (χ3v) is 1.79. The average molecular weight is 268 g/mol. The fourth-order valence-corrected chi connectivity index (χ4v) is 1.06. The zero-order valence-corrected chi connectivity index (χ0v) is 8.00. The highest BCUT2D eigenvalue weighted by Crippen LogP contribution is 2.47. The molecule has 0 bridgehead atoms. The van der Waals surface area contributed by atoms with Gasteiger partial charge in [-0.05, 0) is 0 Å². The smallest absolute Gasteiger partial charge is 0.275 e. The van der Waals surface area contributed by atoms with E-state index in [4.69, 9.17) is 0 Å². The van der Waals surface area contributed by atoms with Crippen molar-refractivity contribution in [2.45, 2.75) is 18.3 Å². The molecule has 0 aliphatic rings. The minimum Gasteiger partial charge on any atom is -0.275 e. The van der Waals surface area contributed by atoms with E-state index in [9.17, 15) is 35.1 Å². The third-order valence-electron chi connectivity index (χ3n) is 1.79. The molecule has 0 fully saturated rings. The number of alkyl halides is 8. The molecule has 10 heteroatoms. The molecule has 0 atom stereocenters. The summed E-state index contributed by atoms with van der Waals surface area (Å²) in [6, 6.07) is 0. The quantitative estimate of drug-likeness (QED) is 0.715. The summed E-state index contributed by atoms with van der Waals surface area (Å²) >= 11 is 0. The van der Waals surface area contributed by atoms with Crippen LogP contribution in [0.3, 0.4) is 0 Å². The van der Waals surface area contributed by atoms with E-state index in [0.717, 1.165) is 7.05 Å². The Hall–Kier alpha value is -1.35. The molecule has 17 heavy (non-hydrogen) atoms. The molecule has 0 aliphatic carbocycles. The van der Waals surface area contributed by atoms with E-state index >= 15 is 0 Å². The number of aromatic nitrogens is 2. The summed E-state index contributed by atoms with van der Waals surface area (Å²) in [6.07, 6.45) is -11.4. The molecule has 1 heterocycles. The van der Waals surface area contributed by atoms with Gasteiger partial charge in [-0.3, -0.25) is 4.68 Å². The Morgan fingerprint density at radius 3 is 1.82 bits per heavy atom. The molecule has 0 saturated heterocycles. The van der Waals surface area contributed by atoms with Crippen molar-refractivity contribution in [3.63, 3.8) is 0 Å². The number of hydrogen-bond donors (Lipinski definition) is 0. The zero-order chi connectivity index (χ0) is 13.6. The number of hydrogen-bond acceptors (Lipinski definition) is 1. The molecule has 2 nitrogen and oxygen atoms in total. The minimum atomic E-state index is -6.14. The van der Waals surface area contributed by atoms with Gasteiger partial charge in [0.05, 0.1) is 0 Å². The molecular weight excluding hydrogens is 264 g/mol. The monoisotopic (exact) mass is 268 g/mol. The highest BCUT2D eigenvalue weighted by Gasteiger charge is 2.63.